The van der Waals surface area contributed by atoms with Crippen molar-refractivity contribution in [1.82, 2.24) is 9.97 Å². The minimum atomic E-state index is -0.284. The van der Waals surface area contributed by atoms with Crippen molar-refractivity contribution in [2.75, 3.05) is 5.32 Å². The van der Waals surface area contributed by atoms with Crippen LogP contribution in [0.4, 0.5) is 15.9 Å². The number of aromatic nitrogens is 2. The van der Waals surface area contributed by atoms with E-state index >= 15 is 0 Å². The van der Waals surface area contributed by atoms with Crippen molar-refractivity contribution in [3.05, 3.63) is 46.9 Å². The summed E-state index contributed by atoms with van der Waals surface area (Å²) in [6, 6.07) is 8.71. The largest absolute Gasteiger partial charge is 0.337 e. The van der Waals surface area contributed by atoms with E-state index in [1.54, 1.807) is 29.5 Å². The second kappa shape index (κ2) is 5.77. The van der Waals surface area contributed by atoms with Crippen LogP contribution in [0.3, 0.4) is 0 Å². The van der Waals surface area contributed by atoms with Crippen LogP contribution in [-0.4, -0.2) is 9.97 Å². The van der Waals surface area contributed by atoms with Gasteiger partial charge in [0.1, 0.15) is 22.3 Å². The number of halogens is 1. The third-order valence-corrected chi connectivity index (χ3v) is 4.45. The molecule has 0 saturated heterocycles. The first kappa shape index (κ1) is 13.9. The SMILES string of the molecule is CCc1nc(Nc2ccccc2F)c2cc(CC)sc2n1. The van der Waals surface area contributed by atoms with Crippen molar-refractivity contribution in [1.29, 1.82) is 0 Å². The van der Waals surface area contributed by atoms with Gasteiger partial charge in [0.2, 0.25) is 0 Å². The Morgan fingerprint density at radius 2 is 1.95 bits per heavy atom. The van der Waals surface area contributed by atoms with E-state index in [0.717, 1.165) is 28.9 Å². The van der Waals surface area contributed by atoms with Gasteiger partial charge < -0.3 is 5.32 Å². The van der Waals surface area contributed by atoms with E-state index in [1.165, 1.54) is 10.9 Å². The molecule has 3 rings (SSSR count). The molecular formula is C16H16FN3S. The number of nitrogens with one attached hydrogen (secondary N) is 1. The van der Waals surface area contributed by atoms with Crippen LogP contribution < -0.4 is 5.32 Å². The summed E-state index contributed by atoms with van der Waals surface area (Å²) in [4.78, 5) is 11.3. The Bertz CT molecular complexity index is 782. The Hall–Kier alpha value is -2.01. The fourth-order valence-corrected chi connectivity index (χ4v) is 3.12. The van der Waals surface area contributed by atoms with Crippen LogP contribution in [0.15, 0.2) is 30.3 Å². The highest BCUT2D eigenvalue weighted by Gasteiger charge is 2.12. The number of anilines is 2. The number of benzene rings is 1. The van der Waals surface area contributed by atoms with E-state index < -0.39 is 0 Å². The van der Waals surface area contributed by atoms with Gasteiger partial charge in [-0.1, -0.05) is 26.0 Å². The van der Waals surface area contributed by atoms with Gasteiger partial charge in [0.15, 0.2) is 0 Å². The number of rotatable bonds is 4. The van der Waals surface area contributed by atoms with Crippen LogP contribution in [0.5, 0.6) is 0 Å². The van der Waals surface area contributed by atoms with Crippen LogP contribution in [0.1, 0.15) is 24.5 Å². The molecule has 1 N–H and O–H groups in total. The van der Waals surface area contributed by atoms with Crippen molar-refractivity contribution in [2.45, 2.75) is 26.7 Å². The maximum absolute atomic E-state index is 13.8. The molecule has 1 aromatic carbocycles. The van der Waals surface area contributed by atoms with Crippen molar-refractivity contribution >= 4 is 33.1 Å². The normalized spacial score (nSPS) is 11.0. The summed E-state index contributed by atoms with van der Waals surface area (Å²) in [6.45, 7) is 4.13. The Kier molecular flexibility index (Phi) is 3.84. The van der Waals surface area contributed by atoms with E-state index in [2.05, 4.69) is 28.3 Å². The molecule has 0 radical (unpaired) electrons. The molecule has 0 amide bonds. The molecular weight excluding hydrogens is 285 g/mol. The summed E-state index contributed by atoms with van der Waals surface area (Å²) < 4.78 is 13.8. The summed E-state index contributed by atoms with van der Waals surface area (Å²) in [5.41, 5.74) is 0.434. The highest BCUT2D eigenvalue weighted by Crippen LogP contribution is 2.31. The predicted molar refractivity (Wildman–Crippen MR) is 85.9 cm³/mol. The van der Waals surface area contributed by atoms with Crippen LogP contribution in [-0.2, 0) is 12.8 Å². The number of aryl methyl sites for hydroxylation is 2. The monoisotopic (exact) mass is 301 g/mol. The molecule has 2 heterocycles. The highest BCUT2D eigenvalue weighted by molar-refractivity contribution is 7.18. The molecule has 0 unspecified atom stereocenters. The lowest BCUT2D eigenvalue weighted by molar-refractivity contribution is 0.632. The number of hydrogen-bond donors (Lipinski definition) is 1. The Morgan fingerprint density at radius 3 is 2.67 bits per heavy atom. The molecule has 0 bridgehead atoms. The molecule has 0 aliphatic heterocycles. The predicted octanol–water partition coefficient (Wildman–Crippen LogP) is 4.70. The molecule has 2 aromatic heterocycles. The molecule has 0 fully saturated rings. The molecule has 0 aliphatic carbocycles. The van der Waals surface area contributed by atoms with Crippen molar-refractivity contribution in [2.24, 2.45) is 0 Å². The van der Waals surface area contributed by atoms with Crippen molar-refractivity contribution < 1.29 is 4.39 Å². The molecule has 0 spiro atoms. The smallest absolute Gasteiger partial charge is 0.146 e. The van der Waals surface area contributed by atoms with Gasteiger partial charge in [0.25, 0.3) is 0 Å². The van der Waals surface area contributed by atoms with E-state index in [1.807, 2.05) is 6.92 Å². The van der Waals surface area contributed by atoms with Gasteiger partial charge in [-0.15, -0.1) is 11.3 Å². The lowest BCUT2D eigenvalue weighted by atomic mass is 10.2. The van der Waals surface area contributed by atoms with Gasteiger partial charge in [-0.2, -0.15) is 0 Å². The van der Waals surface area contributed by atoms with Crippen molar-refractivity contribution in [3.8, 4) is 0 Å². The third kappa shape index (κ3) is 2.74. The van der Waals surface area contributed by atoms with Gasteiger partial charge in [-0.25, -0.2) is 14.4 Å². The lowest BCUT2D eigenvalue weighted by Gasteiger charge is -2.09. The topological polar surface area (TPSA) is 37.8 Å². The van der Waals surface area contributed by atoms with E-state index in [0.29, 0.717) is 11.5 Å². The Balaban J connectivity index is 2.11. The summed E-state index contributed by atoms with van der Waals surface area (Å²) in [6.07, 6.45) is 1.71. The summed E-state index contributed by atoms with van der Waals surface area (Å²) >= 11 is 1.67. The van der Waals surface area contributed by atoms with Gasteiger partial charge in [-0.05, 0) is 24.6 Å². The van der Waals surface area contributed by atoms with Gasteiger partial charge >= 0.3 is 0 Å². The molecule has 108 valence electrons. The first-order chi connectivity index (χ1) is 10.2. The number of thiophene rings is 1. The van der Waals surface area contributed by atoms with Crippen LogP contribution in [0.2, 0.25) is 0 Å². The Labute approximate surface area is 126 Å². The molecule has 0 atom stereocenters. The van der Waals surface area contributed by atoms with Crippen LogP contribution in [0.25, 0.3) is 10.2 Å². The minimum Gasteiger partial charge on any atom is -0.337 e. The number of hydrogen-bond acceptors (Lipinski definition) is 4. The zero-order valence-corrected chi connectivity index (χ0v) is 12.8. The summed E-state index contributed by atoms with van der Waals surface area (Å²) in [5.74, 6) is 1.16. The lowest BCUT2D eigenvalue weighted by Crippen LogP contribution is -2.01. The van der Waals surface area contributed by atoms with E-state index in [4.69, 9.17) is 0 Å². The zero-order valence-electron chi connectivity index (χ0n) is 12.0. The van der Waals surface area contributed by atoms with Gasteiger partial charge in [0, 0.05) is 11.3 Å². The van der Waals surface area contributed by atoms with E-state index in [9.17, 15) is 4.39 Å². The van der Waals surface area contributed by atoms with Crippen LogP contribution >= 0.6 is 11.3 Å². The summed E-state index contributed by atoms with van der Waals surface area (Å²) in [5, 5.41) is 4.06. The number of para-hydroxylation sites is 1. The maximum atomic E-state index is 13.8. The Morgan fingerprint density at radius 1 is 1.14 bits per heavy atom. The number of fused-ring (bicyclic) bond motifs is 1. The molecule has 3 nitrogen and oxygen atoms in total. The third-order valence-electron chi connectivity index (χ3n) is 3.28. The first-order valence-electron chi connectivity index (χ1n) is 7.02. The quantitative estimate of drug-likeness (QED) is 0.759. The van der Waals surface area contributed by atoms with Crippen LogP contribution in [0, 0.1) is 5.82 Å². The fourth-order valence-electron chi connectivity index (χ4n) is 2.13. The number of nitrogens with zero attached hydrogens (tertiary/aromatic N) is 2. The fraction of sp³-hybridized carbons (Fsp3) is 0.250. The molecule has 5 heteroatoms. The van der Waals surface area contributed by atoms with Crippen molar-refractivity contribution in [3.63, 3.8) is 0 Å². The molecule has 0 aliphatic rings. The summed E-state index contributed by atoms with van der Waals surface area (Å²) in [7, 11) is 0. The standard InChI is InChI=1S/C16H16FN3S/c1-3-10-9-11-15(18-13-8-6-5-7-12(13)17)19-14(4-2)20-16(11)21-10/h5-9H,3-4H2,1-2H3,(H,18,19,20). The highest BCUT2D eigenvalue weighted by atomic mass is 32.1. The average Bonchev–Trinajstić information content (AvgIpc) is 2.92. The average molecular weight is 301 g/mol. The molecule has 21 heavy (non-hydrogen) atoms. The second-order valence-corrected chi connectivity index (χ2v) is 5.85. The minimum absolute atomic E-state index is 0.284. The molecule has 0 saturated carbocycles. The van der Waals surface area contributed by atoms with Gasteiger partial charge in [-0.3, -0.25) is 0 Å². The van der Waals surface area contributed by atoms with Gasteiger partial charge in [0.05, 0.1) is 11.1 Å². The second-order valence-electron chi connectivity index (χ2n) is 4.73. The molecule has 3 aromatic rings. The maximum Gasteiger partial charge on any atom is 0.146 e. The zero-order chi connectivity index (χ0) is 14.8. The first-order valence-corrected chi connectivity index (χ1v) is 7.83. The van der Waals surface area contributed by atoms with E-state index in [-0.39, 0.29) is 5.82 Å².